The average Bonchev–Trinajstić information content (AvgIpc) is 2.74. The molecule has 0 fully saturated rings. The first-order valence-electron chi connectivity index (χ1n) is 8.51. The van der Waals surface area contributed by atoms with Gasteiger partial charge in [0.2, 0.25) is 0 Å². The minimum atomic E-state index is -3.71. The van der Waals surface area contributed by atoms with Gasteiger partial charge in [0.15, 0.2) is 0 Å². The fraction of sp³-hybridized carbons (Fsp3) is 0.0952. The van der Waals surface area contributed by atoms with E-state index in [-0.39, 0.29) is 10.8 Å². The lowest BCUT2D eigenvalue weighted by Gasteiger charge is -2.20. The highest BCUT2D eigenvalue weighted by atomic mass is 32.2. The van der Waals surface area contributed by atoms with E-state index in [9.17, 15) is 13.2 Å². The Bertz CT molecular complexity index is 1070. The van der Waals surface area contributed by atoms with Gasteiger partial charge in [-0.3, -0.25) is 9.10 Å². The second-order valence-corrected chi connectivity index (χ2v) is 7.99. The molecule has 1 amide bonds. The summed E-state index contributed by atoms with van der Waals surface area (Å²) in [7, 11) is -0.684. The third kappa shape index (κ3) is 4.15. The quantitative estimate of drug-likeness (QED) is 0.688. The van der Waals surface area contributed by atoms with Gasteiger partial charge in [0.25, 0.3) is 15.9 Å². The fourth-order valence-corrected chi connectivity index (χ4v) is 3.82. The average molecular weight is 396 g/mol. The molecule has 3 rings (SSSR count). The topological polar surface area (TPSA) is 75.7 Å². The maximum Gasteiger partial charge on any atom is 0.264 e. The molecule has 0 heterocycles. The standard InChI is InChI=1S/C21H20N2O4S/c1-23(28(25,26)20-9-4-3-5-10-20)18-8-6-7-16(15-18)21(24)22-17-11-13-19(27-2)14-12-17/h3-15H,1-2H3,(H,22,24). The molecular weight excluding hydrogens is 376 g/mol. The molecule has 0 atom stereocenters. The molecule has 0 aliphatic heterocycles. The minimum Gasteiger partial charge on any atom is -0.497 e. The lowest BCUT2D eigenvalue weighted by Crippen LogP contribution is -2.26. The van der Waals surface area contributed by atoms with Crippen LogP contribution in [0.1, 0.15) is 10.4 Å². The molecule has 0 saturated heterocycles. The van der Waals surface area contributed by atoms with Crippen molar-refractivity contribution in [2.45, 2.75) is 4.90 Å². The zero-order valence-electron chi connectivity index (χ0n) is 15.5. The van der Waals surface area contributed by atoms with Crippen LogP contribution in [0.2, 0.25) is 0 Å². The van der Waals surface area contributed by atoms with Gasteiger partial charge < -0.3 is 10.1 Å². The lowest BCUT2D eigenvalue weighted by atomic mass is 10.2. The molecule has 6 nitrogen and oxygen atoms in total. The number of ether oxygens (including phenoxy) is 1. The molecular formula is C21H20N2O4S. The number of carbonyl (C=O) groups excluding carboxylic acids is 1. The van der Waals surface area contributed by atoms with Crippen LogP contribution in [0.4, 0.5) is 11.4 Å². The van der Waals surface area contributed by atoms with E-state index in [0.29, 0.717) is 22.7 Å². The van der Waals surface area contributed by atoms with Crippen LogP contribution < -0.4 is 14.4 Å². The largest absolute Gasteiger partial charge is 0.497 e. The van der Waals surface area contributed by atoms with Crippen molar-refractivity contribution in [3.63, 3.8) is 0 Å². The number of rotatable bonds is 6. The lowest BCUT2D eigenvalue weighted by molar-refractivity contribution is 0.102. The number of hydrogen-bond acceptors (Lipinski definition) is 4. The molecule has 0 radical (unpaired) electrons. The number of carbonyl (C=O) groups is 1. The fourth-order valence-electron chi connectivity index (χ4n) is 2.61. The second kappa shape index (κ2) is 8.14. The van der Waals surface area contributed by atoms with Gasteiger partial charge in [-0.25, -0.2) is 8.42 Å². The molecule has 28 heavy (non-hydrogen) atoms. The maximum atomic E-state index is 12.8. The molecule has 0 bridgehead atoms. The highest BCUT2D eigenvalue weighted by Crippen LogP contribution is 2.23. The summed E-state index contributed by atoms with van der Waals surface area (Å²) >= 11 is 0. The molecule has 1 N–H and O–H groups in total. The number of methoxy groups -OCH3 is 1. The van der Waals surface area contributed by atoms with Crippen molar-refractivity contribution in [1.29, 1.82) is 0 Å². The number of sulfonamides is 1. The number of nitrogens with one attached hydrogen (secondary N) is 1. The Morgan fingerprint density at radius 2 is 1.61 bits per heavy atom. The van der Waals surface area contributed by atoms with Gasteiger partial charge >= 0.3 is 0 Å². The van der Waals surface area contributed by atoms with E-state index < -0.39 is 10.0 Å². The van der Waals surface area contributed by atoms with Gasteiger partial charge in [0.1, 0.15) is 5.75 Å². The van der Waals surface area contributed by atoms with Gasteiger partial charge in [-0.05, 0) is 54.6 Å². The van der Waals surface area contributed by atoms with Crippen molar-refractivity contribution in [2.75, 3.05) is 23.8 Å². The summed E-state index contributed by atoms with van der Waals surface area (Å²) in [6.07, 6.45) is 0. The third-order valence-corrected chi connectivity index (χ3v) is 6.02. The summed E-state index contributed by atoms with van der Waals surface area (Å²) in [5.41, 5.74) is 1.36. The first-order chi connectivity index (χ1) is 13.4. The number of anilines is 2. The number of benzene rings is 3. The van der Waals surface area contributed by atoms with Crippen molar-refractivity contribution >= 4 is 27.3 Å². The number of amides is 1. The monoisotopic (exact) mass is 396 g/mol. The summed E-state index contributed by atoms with van der Waals surface area (Å²) < 4.78 is 31.8. The Labute approximate surface area is 164 Å². The normalized spacial score (nSPS) is 10.9. The Hall–Kier alpha value is -3.32. The third-order valence-electron chi connectivity index (χ3n) is 4.22. The van der Waals surface area contributed by atoms with Crippen molar-refractivity contribution in [2.24, 2.45) is 0 Å². The van der Waals surface area contributed by atoms with Crippen LogP contribution in [0.3, 0.4) is 0 Å². The number of nitrogens with zero attached hydrogens (tertiary/aromatic N) is 1. The summed E-state index contributed by atoms with van der Waals surface area (Å²) in [6, 6.07) is 21.6. The first-order valence-corrected chi connectivity index (χ1v) is 9.95. The summed E-state index contributed by atoms with van der Waals surface area (Å²) in [5.74, 6) is 0.352. The van der Waals surface area contributed by atoms with Crippen LogP contribution in [0.15, 0.2) is 83.8 Å². The summed E-state index contributed by atoms with van der Waals surface area (Å²) in [6.45, 7) is 0. The predicted molar refractivity (Wildman–Crippen MR) is 109 cm³/mol. The molecule has 3 aromatic rings. The highest BCUT2D eigenvalue weighted by Gasteiger charge is 2.21. The smallest absolute Gasteiger partial charge is 0.264 e. The second-order valence-electron chi connectivity index (χ2n) is 6.02. The Morgan fingerprint density at radius 1 is 0.929 bits per heavy atom. The van der Waals surface area contributed by atoms with E-state index in [1.54, 1.807) is 73.8 Å². The predicted octanol–water partition coefficient (Wildman–Crippen LogP) is 3.77. The molecule has 0 unspecified atom stereocenters. The Balaban J connectivity index is 1.82. The molecule has 0 aliphatic carbocycles. The van der Waals surface area contributed by atoms with Crippen molar-refractivity contribution < 1.29 is 17.9 Å². The minimum absolute atomic E-state index is 0.186. The zero-order chi connectivity index (χ0) is 20.1. The molecule has 0 saturated carbocycles. The molecule has 0 spiro atoms. The van der Waals surface area contributed by atoms with Gasteiger partial charge in [0.05, 0.1) is 17.7 Å². The Morgan fingerprint density at radius 3 is 2.25 bits per heavy atom. The van der Waals surface area contributed by atoms with Crippen LogP contribution in [0, 0.1) is 0 Å². The zero-order valence-corrected chi connectivity index (χ0v) is 16.3. The van der Waals surface area contributed by atoms with Crippen molar-refractivity contribution in [3.05, 3.63) is 84.4 Å². The van der Waals surface area contributed by atoms with Crippen molar-refractivity contribution in [1.82, 2.24) is 0 Å². The van der Waals surface area contributed by atoms with Crippen LogP contribution in [-0.2, 0) is 10.0 Å². The summed E-state index contributed by atoms with van der Waals surface area (Å²) in [4.78, 5) is 12.7. The van der Waals surface area contributed by atoms with Gasteiger partial charge in [0, 0.05) is 18.3 Å². The molecule has 144 valence electrons. The Kier molecular flexibility index (Phi) is 5.65. The molecule has 7 heteroatoms. The van der Waals surface area contributed by atoms with E-state index in [4.69, 9.17) is 4.74 Å². The molecule has 0 aromatic heterocycles. The van der Waals surface area contributed by atoms with E-state index >= 15 is 0 Å². The van der Waals surface area contributed by atoms with Crippen LogP contribution in [0.25, 0.3) is 0 Å². The van der Waals surface area contributed by atoms with E-state index in [1.165, 1.54) is 19.2 Å². The summed E-state index contributed by atoms with van der Waals surface area (Å²) in [5, 5.41) is 2.78. The van der Waals surface area contributed by atoms with E-state index in [2.05, 4.69) is 5.32 Å². The SMILES string of the molecule is COc1ccc(NC(=O)c2cccc(N(C)S(=O)(=O)c3ccccc3)c2)cc1. The highest BCUT2D eigenvalue weighted by molar-refractivity contribution is 7.92. The molecule has 0 aliphatic rings. The van der Waals surface area contributed by atoms with Crippen LogP contribution >= 0.6 is 0 Å². The van der Waals surface area contributed by atoms with Gasteiger partial charge in [-0.1, -0.05) is 24.3 Å². The maximum absolute atomic E-state index is 12.8. The first kappa shape index (κ1) is 19.4. The van der Waals surface area contributed by atoms with E-state index in [0.717, 1.165) is 4.31 Å². The van der Waals surface area contributed by atoms with Crippen molar-refractivity contribution in [3.8, 4) is 5.75 Å². The van der Waals surface area contributed by atoms with E-state index in [1.807, 2.05) is 0 Å². The molecule has 3 aromatic carbocycles. The van der Waals surface area contributed by atoms with Crippen LogP contribution in [0.5, 0.6) is 5.75 Å². The van der Waals surface area contributed by atoms with Gasteiger partial charge in [-0.2, -0.15) is 0 Å². The van der Waals surface area contributed by atoms with Gasteiger partial charge in [-0.15, -0.1) is 0 Å². The number of hydrogen-bond donors (Lipinski definition) is 1. The van der Waals surface area contributed by atoms with Crippen LogP contribution in [-0.4, -0.2) is 28.5 Å².